The summed E-state index contributed by atoms with van der Waals surface area (Å²) in [6, 6.07) is 0. The topological polar surface area (TPSA) is 92.2 Å². The lowest BCUT2D eigenvalue weighted by Gasteiger charge is -2.06. The van der Waals surface area contributed by atoms with Gasteiger partial charge in [-0.2, -0.15) is 0 Å². The van der Waals surface area contributed by atoms with Crippen LogP contribution < -0.4 is 5.32 Å². The quantitative estimate of drug-likeness (QED) is 0.838. The molecule has 0 aliphatic heterocycles. The van der Waals surface area contributed by atoms with E-state index < -0.39 is 17.8 Å². The van der Waals surface area contributed by atoms with E-state index in [2.05, 4.69) is 15.3 Å². The molecule has 2 atom stereocenters. The van der Waals surface area contributed by atoms with Gasteiger partial charge in [-0.3, -0.25) is 9.59 Å². The van der Waals surface area contributed by atoms with Crippen LogP contribution >= 0.6 is 0 Å². The van der Waals surface area contributed by atoms with Crippen LogP contribution in [0.3, 0.4) is 0 Å². The number of rotatable bonds is 4. The molecule has 1 fully saturated rings. The highest BCUT2D eigenvalue weighted by atomic mass is 16.4. The second-order valence-electron chi connectivity index (χ2n) is 4.76. The summed E-state index contributed by atoms with van der Waals surface area (Å²) in [4.78, 5) is 30.6. The SMILES string of the molecule is CC(C)c1ncc(NC(=O)C2CC2C(=O)O)cn1. The molecule has 6 nitrogen and oxygen atoms in total. The molecule has 1 aliphatic carbocycles. The first-order valence-electron chi connectivity index (χ1n) is 5.84. The van der Waals surface area contributed by atoms with Gasteiger partial charge >= 0.3 is 5.97 Å². The number of amides is 1. The average Bonchev–Trinajstić information content (AvgIpc) is 3.09. The van der Waals surface area contributed by atoms with Crippen molar-refractivity contribution in [2.24, 2.45) is 11.8 Å². The molecular weight excluding hydrogens is 234 g/mol. The number of carbonyl (C=O) groups excluding carboxylic acids is 1. The smallest absolute Gasteiger partial charge is 0.307 e. The summed E-state index contributed by atoms with van der Waals surface area (Å²) < 4.78 is 0. The average molecular weight is 249 g/mol. The Morgan fingerprint density at radius 1 is 1.33 bits per heavy atom. The molecule has 1 heterocycles. The maximum Gasteiger partial charge on any atom is 0.307 e. The lowest BCUT2D eigenvalue weighted by Crippen LogP contribution is -2.17. The van der Waals surface area contributed by atoms with Gasteiger partial charge < -0.3 is 10.4 Å². The van der Waals surface area contributed by atoms with E-state index in [1.54, 1.807) is 12.4 Å². The fourth-order valence-corrected chi connectivity index (χ4v) is 1.69. The van der Waals surface area contributed by atoms with Gasteiger partial charge in [0.2, 0.25) is 5.91 Å². The van der Waals surface area contributed by atoms with Crippen molar-refractivity contribution in [3.05, 3.63) is 18.2 Å². The Labute approximate surface area is 104 Å². The molecule has 6 heteroatoms. The largest absolute Gasteiger partial charge is 0.481 e. The maximum atomic E-state index is 11.7. The van der Waals surface area contributed by atoms with Crippen molar-refractivity contribution in [2.45, 2.75) is 26.2 Å². The van der Waals surface area contributed by atoms with E-state index in [1.165, 1.54) is 0 Å². The zero-order valence-corrected chi connectivity index (χ0v) is 10.3. The van der Waals surface area contributed by atoms with Crippen LogP contribution in [-0.4, -0.2) is 27.0 Å². The van der Waals surface area contributed by atoms with E-state index in [9.17, 15) is 9.59 Å². The molecule has 1 aromatic rings. The third-order valence-corrected chi connectivity index (χ3v) is 2.90. The molecule has 1 saturated carbocycles. The Bertz CT molecular complexity index is 470. The standard InChI is InChI=1S/C12H15N3O3/c1-6(2)10-13-4-7(5-14-10)15-11(16)8-3-9(8)12(17)18/h4-6,8-9H,3H2,1-2H3,(H,15,16)(H,17,18). The highest BCUT2D eigenvalue weighted by Crippen LogP contribution is 2.39. The first-order chi connectivity index (χ1) is 8.49. The van der Waals surface area contributed by atoms with Gasteiger partial charge in [-0.15, -0.1) is 0 Å². The van der Waals surface area contributed by atoms with Crippen LogP contribution in [0.5, 0.6) is 0 Å². The number of carboxylic acids is 1. The predicted octanol–water partition coefficient (Wildman–Crippen LogP) is 1.26. The van der Waals surface area contributed by atoms with Crippen LogP contribution in [0.4, 0.5) is 5.69 Å². The van der Waals surface area contributed by atoms with Crippen molar-refractivity contribution >= 4 is 17.6 Å². The number of nitrogens with zero attached hydrogens (tertiary/aromatic N) is 2. The van der Waals surface area contributed by atoms with Crippen molar-refractivity contribution in [3.63, 3.8) is 0 Å². The van der Waals surface area contributed by atoms with Gasteiger partial charge in [0.1, 0.15) is 5.82 Å². The van der Waals surface area contributed by atoms with E-state index in [-0.39, 0.29) is 11.8 Å². The Morgan fingerprint density at radius 3 is 2.39 bits per heavy atom. The van der Waals surface area contributed by atoms with E-state index in [0.29, 0.717) is 17.9 Å². The first kappa shape index (κ1) is 12.5. The maximum absolute atomic E-state index is 11.7. The van der Waals surface area contributed by atoms with Gasteiger partial charge in [0, 0.05) is 5.92 Å². The highest BCUT2D eigenvalue weighted by molar-refractivity contribution is 5.97. The molecule has 1 aromatic heterocycles. The van der Waals surface area contributed by atoms with E-state index >= 15 is 0 Å². The summed E-state index contributed by atoms with van der Waals surface area (Å²) in [5.74, 6) is -1.21. The van der Waals surface area contributed by atoms with Crippen molar-refractivity contribution in [3.8, 4) is 0 Å². The number of hydrogen-bond acceptors (Lipinski definition) is 4. The summed E-state index contributed by atoms with van der Waals surface area (Å²) in [5, 5.41) is 11.4. The van der Waals surface area contributed by atoms with Crippen molar-refractivity contribution in [2.75, 3.05) is 5.32 Å². The number of carboxylic acid groups (broad SMARTS) is 1. The minimum Gasteiger partial charge on any atom is -0.481 e. The van der Waals surface area contributed by atoms with Crippen molar-refractivity contribution < 1.29 is 14.7 Å². The molecule has 1 aliphatic rings. The molecular formula is C12H15N3O3. The Morgan fingerprint density at radius 2 is 1.94 bits per heavy atom. The van der Waals surface area contributed by atoms with Gasteiger partial charge in [0.25, 0.3) is 0 Å². The fourth-order valence-electron chi connectivity index (χ4n) is 1.69. The predicted molar refractivity (Wildman–Crippen MR) is 64.0 cm³/mol. The second-order valence-corrected chi connectivity index (χ2v) is 4.76. The zero-order valence-electron chi connectivity index (χ0n) is 10.3. The molecule has 2 unspecified atom stereocenters. The van der Waals surface area contributed by atoms with E-state index in [1.807, 2.05) is 13.8 Å². The van der Waals surface area contributed by atoms with Crippen LogP contribution in [0, 0.1) is 11.8 Å². The molecule has 0 spiro atoms. The molecule has 2 N–H and O–H groups in total. The van der Waals surface area contributed by atoms with Crippen LogP contribution in [-0.2, 0) is 9.59 Å². The van der Waals surface area contributed by atoms with Crippen LogP contribution in [0.25, 0.3) is 0 Å². The lowest BCUT2D eigenvalue weighted by molar-refractivity contribution is -0.139. The third kappa shape index (κ3) is 2.64. The van der Waals surface area contributed by atoms with Crippen LogP contribution in [0.1, 0.15) is 32.0 Å². The number of aromatic nitrogens is 2. The van der Waals surface area contributed by atoms with Crippen molar-refractivity contribution in [1.82, 2.24) is 9.97 Å². The van der Waals surface area contributed by atoms with Gasteiger partial charge in [0.15, 0.2) is 0 Å². The minimum atomic E-state index is -0.915. The van der Waals surface area contributed by atoms with Gasteiger partial charge in [0.05, 0.1) is 29.9 Å². The van der Waals surface area contributed by atoms with Gasteiger partial charge in [-0.05, 0) is 6.42 Å². The summed E-state index contributed by atoms with van der Waals surface area (Å²) in [5.41, 5.74) is 0.500. The normalized spacial score (nSPS) is 21.7. The molecule has 0 radical (unpaired) electrons. The summed E-state index contributed by atoms with van der Waals surface area (Å²) in [7, 11) is 0. The van der Waals surface area contributed by atoms with E-state index in [4.69, 9.17) is 5.11 Å². The van der Waals surface area contributed by atoms with E-state index in [0.717, 1.165) is 0 Å². The highest BCUT2D eigenvalue weighted by Gasteiger charge is 2.48. The molecule has 0 aromatic carbocycles. The monoisotopic (exact) mass is 249 g/mol. The zero-order chi connectivity index (χ0) is 13.3. The molecule has 2 rings (SSSR count). The first-order valence-corrected chi connectivity index (χ1v) is 5.84. The third-order valence-electron chi connectivity index (χ3n) is 2.90. The summed E-state index contributed by atoms with van der Waals surface area (Å²) in [6.45, 7) is 3.96. The molecule has 1 amide bonds. The Balaban J connectivity index is 1.94. The second kappa shape index (κ2) is 4.72. The molecule has 0 bridgehead atoms. The Hall–Kier alpha value is -1.98. The van der Waals surface area contributed by atoms with Crippen molar-refractivity contribution in [1.29, 1.82) is 0 Å². The molecule has 96 valence electrons. The molecule has 18 heavy (non-hydrogen) atoms. The van der Waals surface area contributed by atoms with Gasteiger partial charge in [-0.1, -0.05) is 13.8 Å². The summed E-state index contributed by atoms with van der Waals surface area (Å²) in [6.07, 6.45) is 3.49. The number of nitrogens with one attached hydrogen (secondary N) is 1. The fraction of sp³-hybridized carbons (Fsp3) is 0.500. The molecule has 0 saturated heterocycles. The van der Waals surface area contributed by atoms with Crippen LogP contribution in [0.2, 0.25) is 0 Å². The number of hydrogen-bond donors (Lipinski definition) is 2. The van der Waals surface area contributed by atoms with Gasteiger partial charge in [-0.25, -0.2) is 9.97 Å². The number of carbonyl (C=O) groups is 2. The summed E-state index contributed by atoms with van der Waals surface area (Å²) >= 11 is 0. The number of aliphatic carboxylic acids is 1. The Kier molecular flexibility index (Phi) is 3.27. The lowest BCUT2D eigenvalue weighted by atomic mass is 10.2. The van der Waals surface area contributed by atoms with Crippen LogP contribution in [0.15, 0.2) is 12.4 Å². The minimum absolute atomic E-state index is 0.231. The number of anilines is 1.